The van der Waals surface area contributed by atoms with Gasteiger partial charge >= 0.3 is 6.03 Å². The fraction of sp³-hybridized carbons (Fsp3) is 0.500. The lowest BCUT2D eigenvalue weighted by Crippen LogP contribution is -2.27. The molecule has 0 heterocycles. The van der Waals surface area contributed by atoms with Crippen LogP contribution in [0.4, 0.5) is 16.2 Å². The van der Waals surface area contributed by atoms with E-state index in [1.54, 1.807) is 19.2 Å². The molecule has 2 aliphatic rings. The van der Waals surface area contributed by atoms with E-state index in [1.807, 2.05) is 12.1 Å². The quantitative estimate of drug-likeness (QED) is 0.800. The highest BCUT2D eigenvalue weighted by Crippen LogP contribution is 2.48. The van der Waals surface area contributed by atoms with Gasteiger partial charge in [-0.15, -0.1) is 0 Å². The molecule has 0 spiro atoms. The highest BCUT2D eigenvalue weighted by atomic mass is 16.2. The third-order valence-corrected chi connectivity index (χ3v) is 4.69. The topological polar surface area (TPSA) is 70.2 Å². The second kappa shape index (κ2) is 5.76. The Bertz CT molecular complexity index is 558. The number of carbonyl (C=O) groups excluding carboxylic acids is 2. The van der Waals surface area contributed by atoms with Crippen LogP contribution in [0.2, 0.25) is 0 Å². The van der Waals surface area contributed by atoms with Gasteiger partial charge in [-0.1, -0.05) is 12.5 Å². The average Bonchev–Trinajstić information content (AvgIpc) is 3.10. The summed E-state index contributed by atoms with van der Waals surface area (Å²) >= 11 is 0. The summed E-state index contributed by atoms with van der Waals surface area (Å²) in [7, 11) is 1.57. The van der Waals surface area contributed by atoms with Crippen LogP contribution < -0.4 is 16.0 Å². The van der Waals surface area contributed by atoms with E-state index in [0.717, 1.165) is 18.0 Å². The number of nitrogens with one attached hydrogen (secondary N) is 3. The van der Waals surface area contributed by atoms with Gasteiger partial charge in [0.15, 0.2) is 0 Å². The van der Waals surface area contributed by atoms with Crippen LogP contribution >= 0.6 is 0 Å². The number of hydrogen-bond acceptors (Lipinski definition) is 2. The number of fused-ring (bicyclic) bond motifs is 2. The van der Waals surface area contributed by atoms with Crippen molar-refractivity contribution in [3.05, 3.63) is 24.3 Å². The van der Waals surface area contributed by atoms with Gasteiger partial charge in [0.05, 0.1) is 0 Å². The van der Waals surface area contributed by atoms with Crippen LogP contribution in [-0.2, 0) is 4.79 Å². The Kier molecular flexibility index (Phi) is 3.82. The molecule has 21 heavy (non-hydrogen) atoms. The number of hydrogen-bond donors (Lipinski definition) is 3. The van der Waals surface area contributed by atoms with Crippen LogP contribution in [0, 0.1) is 17.8 Å². The minimum Gasteiger partial charge on any atom is -0.341 e. The van der Waals surface area contributed by atoms with Crippen LogP contribution in [0.3, 0.4) is 0 Å². The van der Waals surface area contributed by atoms with Gasteiger partial charge < -0.3 is 16.0 Å². The number of rotatable bonds is 3. The zero-order valence-electron chi connectivity index (χ0n) is 12.2. The summed E-state index contributed by atoms with van der Waals surface area (Å²) in [6.07, 6.45) is 4.74. The minimum atomic E-state index is -0.272. The molecule has 5 heteroatoms. The van der Waals surface area contributed by atoms with Crippen LogP contribution in [0.25, 0.3) is 0 Å². The highest BCUT2D eigenvalue weighted by Gasteiger charge is 2.42. The molecule has 3 unspecified atom stereocenters. The van der Waals surface area contributed by atoms with E-state index >= 15 is 0 Å². The lowest BCUT2D eigenvalue weighted by molar-refractivity contribution is -0.121. The fourth-order valence-electron chi connectivity index (χ4n) is 3.67. The first-order chi connectivity index (χ1) is 10.2. The van der Waals surface area contributed by atoms with E-state index in [9.17, 15) is 9.59 Å². The fourth-order valence-corrected chi connectivity index (χ4v) is 3.67. The highest BCUT2D eigenvalue weighted by molar-refractivity contribution is 5.94. The number of benzene rings is 1. The predicted octanol–water partition coefficient (Wildman–Crippen LogP) is 2.81. The van der Waals surface area contributed by atoms with Crippen LogP contribution in [0.5, 0.6) is 0 Å². The van der Waals surface area contributed by atoms with E-state index in [-0.39, 0.29) is 17.9 Å². The molecule has 3 rings (SSSR count). The van der Waals surface area contributed by atoms with E-state index in [0.29, 0.717) is 11.6 Å². The first-order valence-corrected chi connectivity index (χ1v) is 7.55. The normalized spacial score (nSPS) is 26.4. The Labute approximate surface area is 124 Å². The second-order valence-corrected chi connectivity index (χ2v) is 6.06. The molecule has 5 nitrogen and oxygen atoms in total. The van der Waals surface area contributed by atoms with Crippen molar-refractivity contribution in [3.63, 3.8) is 0 Å². The SMILES string of the molecule is CNC(=O)Nc1cccc(NC(=O)C2CC3CCC2C3)c1. The summed E-state index contributed by atoms with van der Waals surface area (Å²) in [5.74, 6) is 1.62. The molecule has 1 aromatic rings. The zero-order chi connectivity index (χ0) is 14.8. The van der Waals surface area contributed by atoms with Crippen molar-refractivity contribution in [3.8, 4) is 0 Å². The van der Waals surface area contributed by atoms with Crippen molar-refractivity contribution in [2.75, 3.05) is 17.7 Å². The summed E-state index contributed by atoms with van der Waals surface area (Å²) in [6.45, 7) is 0. The Morgan fingerprint density at radius 2 is 1.86 bits per heavy atom. The van der Waals surface area contributed by atoms with Gasteiger partial charge in [-0.05, 0) is 49.3 Å². The van der Waals surface area contributed by atoms with Gasteiger partial charge in [0.2, 0.25) is 5.91 Å². The van der Waals surface area contributed by atoms with Gasteiger partial charge in [0, 0.05) is 24.3 Å². The molecule has 2 fully saturated rings. The van der Waals surface area contributed by atoms with Gasteiger partial charge in [0.1, 0.15) is 0 Å². The zero-order valence-corrected chi connectivity index (χ0v) is 12.2. The molecule has 3 amide bonds. The Hall–Kier alpha value is -2.04. The van der Waals surface area contributed by atoms with Crippen molar-refractivity contribution < 1.29 is 9.59 Å². The molecule has 1 aromatic carbocycles. The summed E-state index contributed by atoms with van der Waals surface area (Å²) in [5.41, 5.74) is 1.40. The molecule has 3 N–H and O–H groups in total. The Morgan fingerprint density at radius 3 is 2.48 bits per heavy atom. The van der Waals surface area contributed by atoms with E-state index in [4.69, 9.17) is 0 Å². The second-order valence-electron chi connectivity index (χ2n) is 6.06. The maximum absolute atomic E-state index is 12.4. The first-order valence-electron chi connectivity index (χ1n) is 7.55. The molecule has 2 bridgehead atoms. The molecule has 3 atom stereocenters. The third kappa shape index (κ3) is 3.01. The standard InChI is InChI=1S/C16H21N3O2/c1-17-16(21)19-13-4-2-3-12(9-13)18-15(20)14-8-10-5-6-11(14)7-10/h2-4,9-11,14H,5-8H2,1H3,(H,18,20)(H2,17,19,21). The summed E-state index contributed by atoms with van der Waals surface area (Å²) < 4.78 is 0. The summed E-state index contributed by atoms with van der Waals surface area (Å²) in [6, 6.07) is 6.97. The number of carbonyl (C=O) groups is 2. The van der Waals surface area contributed by atoms with Crippen LogP contribution in [0.1, 0.15) is 25.7 Å². The van der Waals surface area contributed by atoms with Crippen LogP contribution in [0.15, 0.2) is 24.3 Å². The molecule has 0 saturated heterocycles. The van der Waals surface area contributed by atoms with Gasteiger partial charge in [-0.25, -0.2) is 4.79 Å². The molecule has 112 valence electrons. The smallest absolute Gasteiger partial charge is 0.318 e. The number of urea groups is 1. The predicted molar refractivity (Wildman–Crippen MR) is 82.1 cm³/mol. The van der Waals surface area contributed by atoms with Gasteiger partial charge in [-0.2, -0.15) is 0 Å². The molecular formula is C16H21N3O2. The molecular weight excluding hydrogens is 266 g/mol. The summed E-state index contributed by atoms with van der Waals surface area (Å²) in [4.78, 5) is 23.7. The number of amides is 3. The van der Waals surface area contributed by atoms with E-state index in [1.165, 1.54) is 19.3 Å². The Balaban J connectivity index is 1.63. The van der Waals surface area contributed by atoms with Crippen molar-refractivity contribution in [2.24, 2.45) is 17.8 Å². The number of anilines is 2. The maximum Gasteiger partial charge on any atom is 0.318 e. The van der Waals surface area contributed by atoms with Crippen molar-refractivity contribution in [1.29, 1.82) is 0 Å². The van der Waals surface area contributed by atoms with Gasteiger partial charge in [0.25, 0.3) is 0 Å². The van der Waals surface area contributed by atoms with E-state index < -0.39 is 0 Å². The minimum absolute atomic E-state index is 0.124. The lowest BCUT2D eigenvalue weighted by atomic mass is 9.88. The molecule has 2 saturated carbocycles. The van der Waals surface area contributed by atoms with Gasteiger partial charge in [-0.3, -0.25) is 4.79 Å². The monoisotopic (exact) mass is 287 g/mol. The molecule has 0 aliphatic heterocycles. The average molecular weight is 287 g/mol. The van der Waals surface area contributed by atoms with Crippen molar-refractivity contribution in [1.82, 2.24) is 5.32 Å². The lowest BCUT2D eigenvalue weighted by Gasteiger charge is -2.21. The molecule has 0 radical (unpaired) electrons. The van der Waals surface area contributed by atoms with E-state index in [2.05, 4.69) is 16.0 Å². The first kappa shape index (κ1) is 13.9. The molecule has 2 aliphatic carbocycles. The van der Waals surface area contributed by atoms with Crippen molar-refractivity contribution >= 4 is 23.3 Å². The Morgan fingerprint density at radius 1 is 1.10 bits per heavy atom. The van der Waals surface area contributed by atoms with Crippen molar-refractivity contribution in [2.45, 2.75) is 25.7 Å². The van der Waals surface area contributed by atoms with Crippen LogP contribution in [-0.4, -0.2) is 19.0 Å². The summed E-state index contributed by atoms with van der Waals surface area (Å²) in [5, 5.41) is 8.19. The molecule has 0 aromatic heterocycles. The third-order valence-electron chi connectivity index (χ3n) is 4.69. The maximum atomic E-state index is 12.4. The largest absolute Gasteiger partial charge is 0.341 e.